The maximum atomic E-state index is 12.6. The molecule has 0 fully saturated rings. The van der Waals surface area contributed by atoms with Crippen molar-refractivity contribution in [2.75, 3.05) is 33.4 Å². The van der Waals surface area contributed by atoms with Crippen molar-refractivity contribution in [2.45, 2.75) is 6.04 Å². The van der Waals surface area contributed by atoms with Crippen LogP contribution < -0.4 is 16.0 Å². The number of rotatable bonds is 10. The summed E-state index contributed by atoms with van der Waals surface area (Å²) in [6, 6.07) is 17.3. The minimum Gasteiger partial charge on any atom is -0.383 e. The van der Waals surface area contributed by atoms with Crippen molar-refractivity contribution in [3.8, 4) is 0 Å². The van der Waals surface area contributed by atoms with Crippen LogP contribution in [0.1, 0.15) is 22.0 Å². The molecule has 2 aromatic rings. The van der Waals surface area contributed by atoms with Gasteiger partial charge < -0.3 is 20.7 Å². The summed E-state index contributed by atoms with van der Waals surface area (Å²) in [6.45, 7) is 2.43. The van der Waals surface area contributed by atoms with E-state index in [4.69, 9.17) is 4.74 Å². The van der Waals surface area contributed by atoms with E-state index in [1.807, 2.05) is 36.4 Å². The van der Waals surface area contributed by atoms with Crippen LogP contribution in [0.5, 0.6) is 0 Å². The van der Waals surface area contributed by atoms with Crippen LogP contribution in [0.25, 0.3) is 0 Å². The molecule has 2 aromatic carbocycles. The van der Waals surface area contributed by atoms with Crippen LogP contribution in [-0.2, 0) is 9.53 Å². The van der Waals surface area contributed by atoms with Crippen molar-refractivity contribution < 1.29 is 14.3 Å². The molecule has 2 rings (SSSR count). The van der Waals surface area contributed by atoms with Crippen LogP contribution >= 0.6 is 12.4 Å². The molecule has 2 amide bonds. The van der Waals surface area contributed by atoms with Gasteiger partial charge in [0.05, 0.1) is 6.61 Å². The van der Waals surface area contributed by atoms with Crippen LogP contribution in [0.3, 0.4) is 0 Å². The molecule has 1 atom stereocenters. The van der Waals surface area contributed by atoms with E-state index >= 15 is 0 Å². The van der Waals surface area contributed by atoms with E-state index in [0.29, 0.717) is 25.3 Å². The number of hydrogen-bond acceptors (Lipinski definition) is 4. The molecule has 0 radical (unpaired) electrons. The average molecular weight is 392 g/mol. The summed E-state index contributed by atoms with van der Waals surface area (Å²) in [5, 5.41) is 8.84. The van der Waals surface area contributed by atoms with Gasteiger partial charge in [-0.3, -0.25) is 9.59 Å². The van der Waals surface area contributed by atoms with E-state index in [0.717, 1.165) is 12.1 Å². The Labute approximate surface area is 166 Å². The number of methoxy groups -OCH3 is 1. The lowest BCUT2D eigenvalue weighted by atomic mass is 10.1. The molecule has 27 heavy (non-hydrogen) atoms. The first-order chi connectivity index (χ1) is 12.7. The van der Waals surface area contributed by atoms with Gasteiger partial charge in [0.1, 0.15) is 6.04 Å². The van der Waals surface area contributed by atoms with Gasteiger partial charge in [-0.05, 0) is 17.7 Å². The number of hydrogen-bond donors (Lipinski definition) is 3. The smallest absolute Gasteiger partial charge is 0.252 e. The number of nitrogens with one attached hydrogen (secondary N) is 3. The van der Waals surface area contributed by atoms with Crippen molar-refractivity contribution in [2.24, 2.45) is 0 Å². The molecule has 0 heterocycles. The van der Waals surface area contributed by atoms with Crippen LogP contribution in [0.4, 0.5) is 0 Å². The maximum absolute atomic E-state index is 12.6. The number of benzene rings is 2. The van der Waals surface area contributed by atoms with Gasteiger partial charge in [-0.25, -0.2) is 0 Å². The molecule has 0 bridgehead atoms. The Morgan fingerprint density at radius 1 is 0.926 bits per heavy atom. The normalized spacial score (nSPS) is 11.1. The molecule has 3 N–H and O–H groups in total. The largest absolute Gasteiger partial charge is 0.383 e. The summed E-state index contributed by atoms with van der Waals surface area (Å²) < 4.78 is 4.95. The summed E-state index contributed by atoms with van der Waals surface area (Å²) >= 11 is 0. The average Bonchev–Trinajstić information content (AvgIpc) is 2.69. The van der Waals surface area contributed by atoms with Gasteiger partial charge in [0, 0.05) is 32.3 Å². The van der Waals surface area contributed by atoms with Gasteiger partial charge in [-0.15, -0.1) is 12.4 Å². The zero-order valence-corrected chi connectivity index (χ0v) is 16.1. The van der Waals surface area contributed by atoms with Crippen LogP contribution in [-0.4, -0.2) is 45.2 Å². The monoisotopic (exact) mass is 391 g/mol. The van der Waals surface area contributed by atoms with Crippen LogP contribution in [0, 0.1) is 0 Å². The van der Waals surface area contributed by atoms with E-state index < -0.39 is 6.04 Å². The van der Waals surface area contributed by atoms with Gasteiger partial charge in [0.25, 0.3) is 5.91 Å². The molecular weight excluding hydrogens is 366 g/mol. The van der Waals surface area contributed by atoms with Crippen LogP contribution in [0.15, 0.2) is 60.7 Å². The molecule has 0 saturated heterocycles. The van der Waals surface area contributed by atoms with Crippen molar-refractivity contribution in [3.63, 3.8) is 0 Å². The van der Waals surface area contributed by atoms with Crippen LogP contribution in [0.2, 0.25) is 0 Å². The molecule has 6 nitrogen and oxygen atoms in total. The molecular formula is C20H26ClN3O3. The van der Waals surface area contributed by atoms with E-state index in [1.165, 1.54) is 0 Å². The molecule has 0 aliphatic heterocycles. The fraction of sp³-hybridized carbons (Fsp3) is 0.300. The predicted molar refractivity (Wildman–Crippen MR) is 108 cm³/mol. The highest BCUT2D eigenvalue weighted by Crippen LogP contribution is 2.14. The third kappa shape index (κ3) is 7.78. The number of carbonyl (C=O) groups excluding carboxylic acids is 2. The Bertz CT molecular complexity index is 683. The Kier molecular flexibility index (Phi) is 10.8. The van der Waals surface area contributed by atoms with Gasteiger partial charge in [0.2, 0.25) is 5.91 Å². The summed E-state index contributed by atoms with van der Waals surface area (Å²) in [4.78, 5) is 25.1. The van der Waals surface area contributed by atoms with Crippen molar-refractivity contribution in [1.82, 2.24) is 16.0 Å². The van der Waals surface area contributed by atoms with Gasteiger partial charge in [0.15, 0.2) is 0 Å². The summed E-state index contributed by atoms with van der Waals surface area (Å²) in [5.41, 5.74) is 1.25. The molecule has 0 aromatic heterocycles. The first-order valence-corrected chi connectivity index (χ1v) is 8.60. The SMILES string of the molecule is COCCNCCNC(=O)C(NC(=O)c1ccccc1)c1ccccc1.Cl. The Morgan fingerprint density at radius 2 is 1.56 bits per heavy atom. The topological polar surface area (TPSA) is 79.5 Å². The van der Waals surface area contributed by atoms with E-state index in [-0.39, 0.29) is 24.2 Å². The molecule has 1 unspecified atom stereocenters. The molecule has 0 aliphatic rings. The molecule has 7 heteroatoms. The first kappa shape index (κ1) is 22.6. The Hall–Kier alpha value is -2.41. The number of carbonyl (C=O) groups is 2. The quantitative estimate of drug-likeness (QED) is 0.541. The van der Waals surface area contributed by atoms with E-state index in [1.54, 1.807) is 31.4 Å². The lowest BCUT2D eigenvalue weighted by Gasteiger charge is -2.19. The zero-order chi connectivity index (χ0) is 18.6. The van der Waals surface area contributed by atoms with Crippen molar-refractivity contribution in [3.05, 3.63) is 71.8 Å². The van der Waals surface area contributed by atoms with Gasteiger partial charge >= 0.3 is 0 Å². The highest BCUT2D eigenvalue weighted by Gasteiger charge is 2.22. The second-order valence-electron chi connectivity index (χ2n) is 5.72. The maximum Gasteiger partial charge on any atom is 0.252 e. The molecule has 0 aliphatic carbocycles. The highest BCUT2D eigenvalue weighted by molar-refractivity contribution is 5.97. The summed E-state index contributed by atoms with van der Waals surface area (Å²) in [6.07, 6.45) is 0. The molecule has 146 valence electrons. The Morgan fingerprint density at radius 3 is 2.19 bits per heavy atom. The fourth-order valence-electron chi connectivity index (χ4n) is 2.43. The van der Waals surface area contributed by atoms with Gasteiger partial charge in [-0.2, -0.15) is 0 Å². The lowest BCUT2D eigenvalue weighted by molar-refractivity contribution is -0.123. The number of amides is 2. The number of ether oxygens (including phenoxy) is 1. The number of halogens is 1. The van der Waals surface area contributed by atoms with E-state index in [2.05, 4.69) is 16.0 Å². The third-order valence-electron chi connectivity index (χ3n) is 3.79. The van der Waals surface area contributed by atoms with Crippen molar-refractivity contribution in [1.29, 1.82) is 0 Å². The standard InChI is InChI=1S/C20H25N3O3.ClH/c1-26-15-14-21-12-13-22-20(25)18(16-8-4-2-5-9-16)23-19(24)17-10-6-3-7-11-17;/h2-11,18,21H,12-15H2,1H3,(H,22,25)(H,23,24);1H. The first-order valence-electron chi connectivity index (χ1n) is 8.60. The zero-order valence-electron chi connectivity index (χ0n) is 15.3. The lowest BCUT2D eigenvalue weighted by Crippen LogP contribution is -2.42. The second kappa shape index (κ2) is 12.9. The highest BCUT2D eigenvalue weighted by atomic mass is 35.5. The second-order valence-corrected chi connectivity index (χ2v) is 5.72. The fourth-order valence-corrected chi connectivity index (χ4v) is 2.43. The summed E-state index contributed by atoms with van der Waals surface area (Å²) in [7, 11) is 1.64. The molecule has 0 spiro atoms. The summed E-state index contributed by atoms with van der Waals surface area (Å²) in [5.74, 6) is -0.526. The van der Waals surface area contributed by atoms with Gasteiger partial charge in [-0.1, -0.05) is 48.5 Å². The third-order valence-corrected chi connectivity index (χ3v) is 3.79. The molecule has 0 saturated carbocycles. The Balaban J connectivity index is 0.00000364. The predicted octanol–water partition coefficient (Wildman–Crippen LogP) is 1.93. The minimum absolute atomic E-state index is 0. The van der Waals surface area contributed by atoms with Crippen molar-refractivity contribution >= 4 is 24.2 Å². The van der Waals surface area contributed by atoms with E-state index in [9.17, 15) is 9.59 Å². The minimum atomic E-state index is -0.747.